The van der Waals surface area contributed by atoms with Crippen LogP contribution in [0.25, 0.3) is 0 Å². The molecule has 146 valence electrons. The molecule has 3 aromatic rings. The van der Waals surface area contributed by atoms with Crippen molar-refractivity contribution in [1.29, 1.82) is 0 Å². The molecule has 0 aliphatic rings. The minimum absolute atomic E-state index is 0.171. The normalized spacial score (nSPS) is 12.0. The highest BCUT2D eigenvalue weighted by molar-refractivity contribution is 7.89. The van der Waals surface area contributed by atoms with E-state index < -0.39 is 32.7 Å². The van der Waals surface area contributed by atoms with Crippen molar-refractivity contribution in [3.05, 3.63) is 70.5 Å². The molecule has 0 saturated carbocycles. The first-order valence-corrected chi connectivity index (χ1v) is 10.5. The lowest BCUT2D eigenvalue weighted by Gasteiger charge is -2.21. The van der Waals surface area contributed by atoms with Crippen LogP contribution in [0.3, 0.4) is 0 Å². The number of carbonyl (C=O) groups is 1. The molecule has 0 saturated heterocycles. The number of carbonyl (C=O) groups excluding carboxylic acids is 1. The molecule has 0 radical (unpaired) electrons. The van der Waals surface area contributed by atoms with Gasteiger partial charge in [0.2, 0.25) is 15.2 Å². The maximum atomic E-state index is 14.0. The molecule has 0 atom stereocenters. The predicted molar refractivity (Wildman–Crippen MR) is 104 cm³/mol. The summed E-state index contributed by atoms with van der Waals surface area (Å²) in [5.41, 5.74) is 0.127. The van der Waals surface area contributed by atoms with Gasteiger partial charge in [0.25, 0.3) is 5.91 Å². The molecular weight excluding hydrogens is 403 g/mol. The number of nitrogens with one attached hydrogen (secondary N) is 1. The first-order valence-electron chi connectivity index (χ1n) is 8.12. The number of sulfonamides is 1. The number of benzene rings is 2. The molecule has 0 aliphatic carbocycles. The number of hydrogen-bond acceptors (Lipinski definition) is 6. The Hall–Kier alpha value is -2.69. The zero-order valence-electron chi connectivity index (χ0n) is 15.0. The fraction of sp³-hybridized carbons (Fsp3) is 0.167. The Balaban J connectivity index is 1.85. The fourth-order valence-corrected chi connectivity index (χ4v) is 3.93. The average Bonchev–Trinajstić information content (AvgIpc) is 3.11. The highest BCUT2D eigenvalue weighted by Crippen LogP contribution is 2.34. The van der Waals surface area contributed by atoms with E-state index in [0.717, 1.165) is 35.1 Å². The Kier molecular flexibility index (Phi) is 5.28. The van der Waals surface area contributed by atoms with Gasteiger partial charge >= 0.3 is 0 Å². The summed E-state index contributed by atoms with van der Waals surface area (Å²) < 4.78 is 36.9. The molecule has 0 bridgehead atoms. The highest BCUT2D eigenvalue weighted by Gasteiger charge is 2.28. The third-order valence-corrected chi connectivity index (χ3v) is 6.26. The molecule has 0 unspecified atom stereocenters. The van der Waals surface area contributed by atoms with Crippen LogP contribution in [0.5, 0.6) is 0 Å². The van der Waals surface area contributed by atoms with Crippen LogP contribution in [0.4, 0.5) is 9.52 Å². The Labute approximate surface area is 165 Å². The lowest BCUT2D eigenvalue weighted by Crippen LogP contribution is -2.18. The molecule has 7 nitrogen and oxygen atoms in total. The van der Waals surface area contributed by atoms with Crippen LogP contribution < -0.4 is 10.5 Å². The smallest absolute Gasteiger partial charge is 0.260 e. The van der Waals surface area contributed by atoms with E-state index in [9.17, 15) is 17.6 Å². The number of nitrogens with two attached hydrogens (primary N) is 1. The molecule has 0 spiro atoms. The van der Waals surface area contributed by atoms with E-state index >= 15 is 0 Å². The third-order valence-electron chi connectivity index (χ3n) is 4.19. The van der Waals surface area contributed by atoms with Gasteiger partial charge in [-0.1, -0.05) is 41.7 Å². The van der Waals surface area contributed by atoms with Gasteiger partial charge in [0.1, 0.15) is 10.8 Å². The maximum absolute atomic E-state index is 14.0. The number of halogens is 1. The van der Waals surface area contributed by atoms with Gasteiger partial charge in [-0.3, -0.25) is 10.1 Å². The van der Waals surface area contributed by atoms with Gasteiger partial charge in [-0.15, -0.1) is 10.2 Å². The van der Waals surface area contributed by atoms with Gasteiger partial charge in [-0.05, 0) is 37.6 Å². The summed E-state index contributed by atoms with van der Waals surface area (Å²) in [6.45, 7) is 3.95. The topological polar surface area (TPSA) is 115 Å². The minimum Gasteiger partial charge on any atom is -0.296 e. The van der Waals surface area contributed by atoms with Crippen LogP contribution in [0.15, 0.2) is 53.4 Å². The zero-order chi connectivity index (χ0) is 20.5. The van der Waals surface area contributed by atoms with Crippen LogP contribution in [0.1, 0.15) is 34.8 Å². The molecule has 1 heterocycles. The molecule has 28 heavy (non-hydrogen) atoms. The first-order chi connectivity index (χ1) is 13.1. The Morgan fingerprint density at radius 3 is 2.46 bits per heavy atom. The monoisotopic (exact) mass is 420 g/mol. The Morgan fingerprint density at radius 2 is 1.82 bits per heavy atom. The number of rotatable bonds is 5. The number of hydrogen-bond donors (Lipinski definition) is 2. The van der Waals surface area contributed by atoms with Gasteiger partial charge in [0.05, 0.1) is 10.5 Å². The van der Waals surface area contributed by atoms with Gasteiger partial charge in [-0.2, -0.15) is 0 Å². The summed E-state index contributed by atoms with van der Waals surface area (Å²) in [6, 6.07) is 12.4. The van der Waals surface area contributed by atoms with Crippen molar-refractivity contribution < 1.29 is 17.6 Å². The lowest BCUT2D eigenvalue weighted by molar-refractivity contribution is 0.102. The molecule has 0 aliphatic heterocycles. The van der Waals surface area contributed by atoms with E-state index in [-0.39, 0.29) is 10.0 Å². The molecule has 1 aromatic heterocycles. The lowest BCUT2D eigenvalue weighted by atomic mass is 9.85. The van der Waals surface area contributed by atoms with Crippen LogP contribution in [-0.4, -0.2) is 24.5 Å². The van der Waals surface area contributed by atoms with E-state index in [2.05, 4.69) is 15.5 Å². The summed E-state index contributed by atoms with van der Waals surface area (Å²) in [5, 5.41) is 16.4. The molecule has 2 aromatic carbocycles. The first kappa shape index (κ1) is 20.1. The average molecular weight is 420 g/mol. The second kappa shape index (κ2) is 7.38. The SMILES string of the molecule is CC(C)(c1ccccc1)c1nnc(NC(=O)c2cc(S(N)(=O)=O)ccc2F)s1. The van der Waals surface area contributed by atoms with Gasteiger partial charge in [0.15, 0.2) is 0 Å². The molecular formula is C18H17FN4O3S2. The minimum atomic E-state index is -4.07. The van der Waals surface area contributed by atoms with E-state index in [4.69, 9.17) is 5.14 Å². The summed E-state index contributed by atoms with van der Waals surface area (Å²) in [4.78, 5) is 12.0. The molecule has 3 N–H and O–H groups in total. The van der Waals surface area contributed by atoms with E-state index in [1.54, 1.807) is 0 Å². The summed E-state index contributed by atoms with van der Waals surface area (Å²) in [6.07, 6.45) is 0. The molecule has 1 amide bonds. The van der Waals surface area contributed by atoms with Gasteiger partial charge < -0.3 is 0 Å². The summed E-state index contributed by atoms with van der Waals surface area (Å²) in [5.74, 6) is -1.72. The maximum Gasteiger partial charge on any atom is 0.260 e. The van der Waals surface area contributed by atoms with E-state index in [1.165, 1.54) is 0 Å². The standard InChI is InChI=1S/C18H17FN4O3S2/c1-18(2,11-6-4-3-5-7-11)16-22-23-17(27-16)21-15(24)13-10-12(28(20,25)26)8-9-14(13)19/h3-10H,1-2H3,(H2,20,25,26)(H,21,23,24). The molecule has 3 rings (SSSR count). The Morgan fingerprint density at radius 1 is 1.14 bits per heavy atom. The molecule has 10 heteroatoms. The second-order valence-corrected chi connectivity index (χ2v) is 9.08. The summed E-state index contributed by atoms with van der Waals surface area (Å²) in [7, 11) is -4.07. The quantitative estimate of drug-likeness (QED) is 0.659. The number of anilines is 1. The zero-order valence-corrected chi connectivity index (χ0v) is 16.6. The number of amides is 1. The van der Waals surface area contributed by atoms with Crippen LogP contribution in [-0.2, 0) is 15.4 Å². The second-order valence-electron chi connectivity index (χ2n) is 6.54. The van der Waals surface area contributed by atoms with Gasteiger partial charge in [0, 0.05) is 5.41 Å². The Bertz CT molecular complexity index is 1130. The number of primary sulfonamides is 1. The van der Waals surface area contributed by atoms with Crippen LogP contribution in [0.2, 0.25) is 0 Å². The number of aromatic nitrogens is 2. The molecule has 0 fully saturated rings. The summed E-state index contributed by atoms with van der Waals surface area (Å²) >= 11 is 1.15. The van der Waals surface area contributed by atoms with Crippen molar-refractivity contribution in [2.24, 2.45) is 5.14 Å². The van der Waals surface area contributed by atoms with Crippen molar-refractivity contribution in [3.63, 3.8) is 0 Å². The van der Waals surface area contributed by atoms with Crippen molar-refractivity contribution >= 4 is 32.4 Å². The van der Waals surface area contributed by atoms with Crippen molar-refractivity contribution in [2.75, 3.05) is 5.32 Å². The fourth-order valence-electron chi connectivity index (χ4n) is 2.52. The van der Waals surface area contributed by atoms with Crippen molar-refractivity contribution in [2.45, 2.75) is 24.2 Å². The van der Waals surface area contributed by atoms with Crippen LogP contribution in [0, 0.1) is 5.82 Å². The van der Waals surface area contributed by atoms with Crippen molar-refractivity contribution in [1.82, 2.24) is 10.2 Å². The third kappa shape index (κ3) is 4.08. The predicted octanol–water partition coefficient (Wildman–Crippen LogP) is 2.90. The number of nitrogens with zero attached hydrogens (tertiary/aromatic N) is 2. The van der Waals surface area contributed by atoms with Gasteiger partial charge in [-0.25, -0.2) is 17.9 Å². The van der Waals surface area contributed by atoms with Crippen LogP contribution >= 0.6 is 11.3 Å². The highest BCUT2D eigenvalue weighted by atomic mass is 32.2. The van der Waals surface area contributed by atoms with Crippen molar-refractivity contribution in [3.8, 4) is 0 Å². The van der Waals surface area contributed by atoms with E-state index in [1.807, 2.05) is 44.2 Å². The largest absolute Gasteiger partial charge is 0.296 e. The van der Waals surface area contributed by atoms with E-state index in [0.29, 0.717) is 5.01 Å².